The lowest BCUT2D eigenvalue weighted by Crippen LogP contribution is -2.41. The number of fused-ring (bicyclic) bond motifs is 1. The van der Waals surface area contributed by atoms with Gasteiger partial charge in [-0.2, -0.15) is 0 Å². The molecule has 0 atom stereocenters. The van der Waals surface area contributed by atoms with Gasteiger partial charge < -0.3 is 14.6 Å². The maximum absolute atomic E-state index is 12.1. The molecule has 0 bridgehead atoms. The fourth-order valence-corrected chi connectivity index (χ4v) is 2.53. The number of nitrogens with zero attached hydrogens (tertiary/aromatic N) is 3. The van der Waals surface area contributed by atoms with E-state index in [1.165, 1.54) is 0 Å². The predicted octanol–water partition coefficient (Wildman–Crippen LogP) is 0.635. The highest BCUT2D eigenvalue weighted by molar-refractivity contribution is 5.97. The van der Waals surface area contributed by atoms with E-state index in [0.717, 1.165) is 43.9 Å². The Bertz CT molecular complexity index is 632. The SMILES string of the molecule is Cn1cnc2cc(C(=O)NCCN3CCOCC3)ccc21. The number of carbonyl (C=O) groups is 1. The highest BCUT2D eigenvalue weighted by Gasteiger charge is 2.11. The molecule has 0 saturated carbocycles. The van der Waals surface area contributed by atoms with E-state index in [2.05, 4.69) is 15.2 Å². The van der Waals surface area contributed by atoms with Crippen LogP contribution in [0.25, 0.3) is 11.0 Å². The molecule has 6 heteroatoms. The Kier molecular flexibility index (Phi) is 4.17. The summed E-state index contributed by atoms with van der Waals surface area (Å²) in [7, 11) is 1.94. The van der Waals surface area contributed by atoms with Crippen molar-refractivity contribution in [2.45, 2.75) is 0 Å². The quantitative estimate of drug-likeness (QED) is 0.897. The third kappa shape index (κ3) is 3.22. The highest BCUT2D eigenvalue weighted by atomic mass is 16.5. The lowest BCUT2D eigenvalue weighted by molar-refractivity contribution is 0.0383. The van der Waals surface area contributed by atoms with E-state index in [0.29, 0.717) is 12.1 Å². The van der Waals surface area contributed by atoms with Crippen LogP contribution in [0.2, 0.25) is 0 Å². The van der Waals surface area contributed by atoms with Crippen LogP contribution in [0.4, 0.5) is 0 Å². The molecule has 21 heavy (non-hydrogen) atoms. The number of nitrogens with one attached hydrogen (secondary N) is 1. The fraction of sp³-hybridized carbons (Fsp3) is 0.467. The Balaban J connectivity index is 1.56. The lowest BCUT2D eigenvalue weighted by Gasteiger charge is -2.26. The van der Waals surface area contributed by atoms with Gasteiger partial charge in [0.25, 0.3) is 5.91 Å². The summed E-state index contributed by atoms with van der Waals surface area (Å²) in [6.07, 6.45) is 1.75. The number of ether oxygens (including phenoxy) is 1. The number of rotatable bonds is 4. The van der Waals surface area contributed by atoms with E-state index in [1.807, 2.05) is 29.8 Å². The van der Waals surface area contributed by atoms with Crippen molar-refractivity contribution in [3.63, 3.8) is 0 Å². The second-order valence-corrected chi connectivity index (χ2v) is 5.27. The largest absolute Gasteiger partial charge is 0.379 e. The molecule has 1 aliphatic rings. The standard InChI is InChI=1S/C15H20N4O2/c1-18-11-17-13-10-12(2-3-14(13)18)15(20)16-4-5-19-6-8-21-9-7-19/h2-3,10-11H,4-9H2,1H3,(H,16,20). The van der Waals surface area contributed by atoms with Crippen LogP contribution in [0.3, 0.4) is 0 Å². The summed E-state index contributed by atoms with van der Waals surface area (Å²) in [5.41, 5.74) is 2.53. The van der Waals surface area contributed by atoms with Crippen LogP contribution in [-0.4, -0.2) is 59.8 Å². The first-order valence-electron chi connectivity index (χ1n) is 7.23. The maximum Gasteiger partial charge on any atom is 0.251 e. The first-order valence-corrected chi connectivity index (χ1v) is 7.23. The van der Waals surface area contributed by atoms with E-state index in [1.54, 1.807) is 6.33 Å². The third-order valence-corrected chi connectivity index (χ3v) is 3.80. The molecule has 1 aromatic carbocycles. The summed E-state index contributed by atoms with van der Waals surface area (Å²) >= 11 is 0. The van der Waals surface area contributed by atoms with Crippen LogP contribution in [0, 0.1) is 0 Å². The molecule has 112 valence electrons. The Morgan fingerprint density at radius 1 is 1.38 bits per heavy atom. The van der Waals surface area contributed by atoms with Crippen molar-refractivity contribution in [3.8, 4) is 0 Å². The van der Waals surface area contributed by atoms with E-state index in [-0.39, 0.29) is 5.91 Å². The van der Waals surface area contributed by atoms with Crippen LogP contribution in [0.5, 0.6) is 0 Å². The smallest absolute Gasteiger partial charge is 0.251 e. The summed E-state index contributed by atoms with van der Waals surface area (Å²) in [6, 6.07) is 5.60. The minimum absolute atomic E-state index is 0.0455. The molecule has 1 amide bonds. The van der Waals surface area contributed by atoms with Crippen molar-refractivity contribution in [3.05, 3.63) is 30.1 Å². The molecule has 6 nitrogen and oxygen atoms in total. The average Bonchev–Trinajstić information content (AvgIpc) is 2.89. The molecule has 1 fully saturated rings. The molecular formula is C15H20N4O2. The van der Waals surface area contributed by atoms with Gasteiger partial charge in [-0.1, -0.05) is 0 Å². The van der Waals surface area contributed by atoms with Crippen LogP contribution in [-0.2, 0) is 11.8 Å². The Morgan fingerprint density at radius 2 is 2.19 bits per heavy atom. The van der Waals surface area contributed by atoms with Crippen molar-refractivity contribution in [2.24, 2.45) is 7.05 Å². The van der Waals surface area contributed by atoms with Crippen molar-refractivity contribution < 1.29 is 9.53 Å². The van der Waals surface area contributed by atoms with E-state index in [4.69, 9.17) is 4.74 Å². The molecule has 0 radical (unpaired) electrons. The fourth-order valence-electron chi connectivity index (χ4n) is 2.53. The first kappa shape index (κ1) is 14.0. The van der Waals surface area contributed by atoms with Crippen LogP contribution < -0.4 is 5.32 Å². The van der Waals surface area contributed by atoms with E-state index >= 15 is 0 Å². The average molecular weight is 288 g/mol. The van der Waals surface area contributed by atoms with Gasteiger partial charge in [0.15, 0.2) is 0 Å². The molecule has 2 aromatic rings. The normalized spacial score (nSPS) is 16.2. The molecular weight excluding hydrogens is 268 g/mol. The Hall–Kier alpha value is -1.92. The molecule has 0 aliphatic carbocycles. The van der Waals surface area contributed by atoms with Gasteiger partial charge in [0.2, 0.25) is 0 Å². The Labute approximate surface area is 123 Å². The van der Waals surface area contributed by atoms with Crippen molar-refractivity contribution in [1.29, 1.82) is 0 Å². The minimum Gasteiger partial charge on any atom is -0.379 e. The zero-order chi connectivity index (χ0) is 14.7. The minimum atomic E-state index is -0.0455. The number of aromatic nitrogens is 2. The highest BCUT2D eigenvalue weighted by Crippen LogP contribution is 2.13. The molecule has 0 unspecified atom stereocenters. The molecule has 3 rings (SSSR count). The zero-order valence-electron chi connectivity index (χ0n) is 12.2. The maximum atomic E-state index is 12.1. The van der Waals surface area contributed by atoms with E-state index < -0.39 is 0 Å². The monoisotopic (exact) mass is 288 g/mol. The number of hydrogen-bond acceptors (Lipinski definition) is 4. The summed E-state index contributed by atoms with van der Waals surface area (Å²) < 4.78 is 7.24. The number of aryl methyl sites for hydroxylation is 1. The topological polar surface area (TPSA) is 59.4 Å². The second-order valence-electron chi connectivity index (χ2n) is 5.27. The van der Waals surface area contributed by atoms with Gasteiger partial charge in [-0.05, 0) is 18.2 Å². The van der Waals surface area contributed by atoms with Gasteiger partial charge in [0.05, 0.1) is 30.6 Å². The van der Waals surface area contributed by atoms with Gasteiger partial charge >= 0.3 is 0 Å². The predicted molar refractivity (Wildman–Crippen MR) is 80.3 cm³/mol. The molecule has 0 spiro atoms. The number of amides is 1. The molecule has 1 N–H and O–H groups in total. The van der Waals surface area contributed by atoms with Gasteiger partial charge in [0, 0.05) is 38.8 Å². The number of benzene rings is 1. The van der Waals surface area contributed by atoms with Crippen LogP contribution in [0.1, 0.15) is 10.4 Å². The Morgan fingerprint density at radius 3 is 3.00 bits per heavy atom. The third-order valence-electron chi connectivity index (χ3n) is 3.80. The van der Waals surface area contributed by atoms with Gasteiger partial charge in [0.1, 0.15) is 0 Å². The number of carbonyl (C=O) groups excluding carboxylic acids is 1. The van der Waals surface area contributed by atoms with Crippen molar-refractivity contribution in [1.82, 2.24) is 19.8 Å². The summed E-state index contributed by atoms with van der Waals surface area (Å²) in [5, 5.41) is 2.96. The summed E-state index contributed by atoms with van der Waals surface area (Å²) in [5.74, 6) is -0.0455. The van der Waals surface area contributed by atoms with Gasteiger partial charge in [-0.25, -0.2) is 4.98 Å². The molecule has 2 heterocycles. The van der Waals surface area contributed by atoms with E-state index in [9.17, 15) is 4.79 Å². The van der Waals surface area contributed by atoms with Gasteiger partial charge in [-0.15, -0.1) is 0 Å². The van der Waals surface area contributed by atoms with Crippen molar-refractivity contribution >= 4 is 16.9 Å². The number of hydrogen-bond donors (Lipinski definition) is 1. The van der Waals surface area contributed by atoms with Crippen LogP contribution >= 0.6 is 0 Å². The molecule has 1 aromatic heterocycles. The number of imidazole rings is 1. The zero-order valence-corrected chi connectivity index (χ0v) is 12.2. The molecule has 1 aliphatic heterocycles. The lowest BCUT2D eigenvalue weighted by atomic mass is 10.2. The second kappa shape index (κ2) is 6.24. The summed E-state index contributed by atoms with van der Waals surface area (Å²) in [4.78, 5) is 18.7. The van der Waals surface area contributed by atoms with Crippen molar-refractivity contribution in [2.75, 3.05) is 39.4 Å². The summed E-state index contributed by atoms with van der Waals surface area (Å²) in [6.45, 7) is 4.96. The van der Waals surface area contributed by atoms with Gasteiger partial charge in [-0.3, -0.25) is 9.69 Å². The first-order chi connectivity index (χ1) is 10.2. The van der Waals surface area contributed by atoms with Crippen LogP contribution in [0.15, 0.2) is 24.5 Å². The molecule has 1 saturated heterocycles. The number of morpholine rings is 1.